The Morgan fingerprint density at radius 2 is 1.02 bits per heavy atom. The SMILES string of the molecule is CC[C@H]1[C@@H](O)[C@@H]2[C@H](CC[C@]3(C)[C@@H]([C@H](C)CCC(=O)O[C@@H]4CC[C@]5(C)[C@H]6CC[C@]7(C)[C@@H]([C@H](C)CCC(=O)O)CC[C@H]7C6[C@H](O)[C@H](CC)[C@@H]5C4)CC[C@@H]23)[C@@]2(C)CC[C@@H](O)C[C@@H]12. The molecule has 0 aromatic carbocycles. The lowest BCUT2D eigenvalue weighted by atomic mass is 9.41. The molecule has 22 atom stereocenters. The second-order valence-corrected chi connectivity index (χ2v) is 24.1. The summed E-state index contributed by atoms with van der Waals surface area (Å²) in [6, 6.07) is 0. The minimum absolute atomic E-state index is 0.0365. The Kier molecular flexibility index (Phi) is 12.4. The third kappa shape index (κ3) is 7.12. The van der Waals surface area contributed by atoms with Crippen molar-refractivity contribution >= 4 is 11.9 Å². The number of hydrogen-bond acceptors (Lipinski definition) is 6. The number of fused-ring (bicyclic) bond motifs is 10. The van der Waals surface area contributed by atoms with E-state index in [0.717, 1.165) is 83.5 Å². The minimum atomic E-state index is -0.695. The number of aliphatic hydroxyl groups excluding tert-OH is 3. The Labute approximate surface area is 358 Å². The van der Waals surface area contributed by atoms with Gasteiger partial charge in [0.2, 0.25) is 0 Å². The van der Waals surface area contributed by atoms with Crippen LogP contribution in [0.2, 0.25) is 0 Å². The standard InChI is InChI=1S/C52H86O7/c1-9-33-41-27-31(53)19-23-51(41,7)39-21-25-50(6)36(14-16-37(50)45(39)47(33)57)30(4)12-18-44(56)59-32-20-24-52(8)40-22-26-49(5)35(29(3)11-17-43(54)55)13-15-38(49)46(40)48(58)34(10-2)42(52)28-32/h29-42,45-48,53,57-58H,9-28H2,1-8H3,(H,54,55)/t29-,30-,31-,32-,33-,34-,35-,36-,37+,38+,39+,40+,41+,42+,45+,46?,47-,48-,49-,50-,51-,52-/m1/s1. The second-order valence-electron chi connectivity index (χ2n) is 24.1. The van der Waals surface area contributed by atoms with Crippen LogP contribution >= 0.6 is 0 Å². The van der Waals surface area contributed by atoms with Crippen molar-refractivity contribution in [2.24, 2.45) is 105 Å². The first-order valence-corrected chi connectivity index (χ1v) is 25.4. The predicted octanol–water partition coefficient (Wildman–Crippen LogP) is 10.7. The number of carbonyl (C=O) groups is 2. The van der Waals surface area contributed by atoms with Gasteiger partial charge in [0.05, 0.1) is 18.3 Å². The molecule has 0 bridgehead atoms. The van der Waals surface area contributed by atoms with Crippen LogP contribution in [0.25, 0.3) is 0 Å². The van der Waals surface area contributed by atoms with E-state index in [0.29, 0.717) is 77.4 Å². The van der Waals surface area contributed by atoms with Gasteiger partial charge in [0, 0.05) is 12.8 Å². The number of ether oxygens (including phenoxy) is 1. The molecular formula is C52H86O7. The van der Waals surface area contributed by atoms with E-state index >= 15 is 0 Å². The van der Waals surface area contributed by atoms with E-state index in [1.165, 1.54) is 32.1 Å². The van der Waals surface area contributed by atoms with Gasteiger partial charge < -0.3 is 25.2 Å². The molecule has 4 N–H and O–H groups in total. The lowest BCUT2D eigenvalue weighted by Gasteiger charge is -2.65. The maximum Gasteiger partial charge on any atom is 0.306 e. The van der Waals surface area contributed by atoms with E-state index in [2.05, 4.69) is 55.4 Å². The molecule has 0 saturated heterocycles. The second kappa shape index (κ2) is 16.4. The van der Waals surface area contributed by atoms with Crippen LogP contribution in [0, 0.1) is 105 Å². The van der Waals surface area contributed by atoms with Crippen molar-refractivity contribution in [1.82, 2.24) is 0 Å². The number of aliphatic carboxylic acids is 1. The van der Waals surface area contributed by atoms with E-state index in [1.807, 2.05) is 0 Å². The lowest BCUT2D eigenvalue weighted by Crippen LogP contribution is -2.62. The van der Waals surface area contributed by atoms with Crippen molar-refractivity contribution in [3.05, 3.63) is 0 Å². The molecule has 336 valence electrons. The van der Waals surface area contributed by atoms with E-state index in [1.54, 1.807) is 0 Å². The molecule has 8 aliphatic rings. The fourth-order valence-electron chi connectivity index (χ4n) is 19.3. The quantitative estimate of drug-likeness (QED) is 0.153. The molecule has 59 heavy (non-hydrogen) atoms. The normalized spacial score (nSPS) is 52.5. The minimum Gasteiger partial charge on any atom is -0.481 e. The Bertz CT molecular complexity index is 1530. The zero-order chi connectivity index (χ0) is 42.4. The largest absolute Gasteiger partial charge is 0.481 e. The van der Waals surface area contributed by atoms with E-state index in [4.69, 9.17) is 4.74 Å². The fraction of sp³-hybridized carbons (Fsp3) is 0.962. The maximum atomic E-state index is 13.7. The topological polar surface area (TPSA) is 124 Å². The highest BCUT2D eigenvalue weighted by atomic mass is 16.5. The average Bonchev–Trinajstić information content (AvgIpc) is 3.74. The highest BCUT2D eigenvalue weighted by Gasteiger charge is 2.67. The van der Waals surface area contributed by atoms with E-state index < -0.39 is 5.97 Å². The third-order valence-electron chi connectivity index (χ3n) is 22.2. The fourth-order valence-corrected chi connectivity index (χ4v) is 19.3. The zero-order valence-corrected chi connectivity index (χ0v) is 38.5. The summed E-state index contributed by atoms with van der Waals surface area (Å²) in [7, 11) is 0. The van der Waals surface area contributed by atoms with Gasteiger partial charge in [-0.25, -0.2) is 0 Å². The van der Waals surface area contributed by atoms with Gasteiger partial charge in [0.1, 0.15) is 6.10 Å². The van der Waals surface area contributed by atoms with E-state index in [9.17, 15) is 30.0 Å². The number of aliphatic hydroxyl groups is 3. The molecule has 0 aliphatic heterocycles. The first-order chi connectivity index (χ1) is 27.9. The first kappa shape index (κ1) is 44.4. The number of carboxylic acid groups (broad SMARTS) is 1. The van der Waals surface area contributed by atoms with Gasteiger partial charge in [-0.05, 0) is 207 Å². The Morgan fingerprint density at radius 3 is 1.51 bits per heavy atom. The molecule has 0 heterocycles. The van der Waals surface area contributed by atoms with Gasteiger partial charge in [-0.1, -0.05) is 68.2 Å². The molecule has 8 saturated carbocycles. The lowest BCUT2D eigenvalue weighted by molar-refractivity contribution is -0.207. The molecule has 8 rings (SSSR count). The molecule has 0 aromatic rings. The Hall–Kier alpha value is -1.18. The molecule has 0 amide bonds. The summed E-state index contributed by atoms with van der Waals surface area (Å²) in [5, 5.41) is 44.6. The summed E-state index contributed by atoms with van der Waals surface area (Å²) in [4.78, 5) is 25.2. The number of hydrogen-bond donors (Lipinski definition) is 4. The van der Waals surface area contributed by atoms with Gasteiger partial charge in [-0.3, -0.25) is 9.59 Å². The molecular weight excluding hydrogens is 737 g/mol. The third-order valence-corrected chi connectivity index (χ3v) is 22.2. The van der Waals surface area contributed by atoms with Gasteiger partial charge in [-0.2, -0.15) is 0 Å². The summed E-state index contributed by atoms with van der Waals surface area (Å²) < 4.78 is 6.42. The number of carbonyl (C=O) groups excluding carboxylic acids is 1. The maximum absolute atomic E-state index is 13.7. The molecule has 1 unspecified atom stereocenters. The molecule has 8 aliphatic carbocycles. The van der Waals surface area contributed by atoms with Gasteiger partial charge >= 0.3 is 11.9 Å². The van der Waals surface area contributed by atoms with Crippen LogP contribution in [-0.2, 0) is 14.3 Å². The Morgan fingerprint density at radius 1 is 0.576 bits per heavy atom. The molecule has 7 nitrogen and oxygen atoms in total. The zero-order valence-electron chi connectivity index (χ0n) is 38.5. The summed E-state index contributed by atoms with van der Waals surface area (Å²) in [5.74, 6) is 5.15. The van der Waals surface area contributed by atoms with Crippen LogP contribution < -0.4 is 0 Å². The molecule has 0 radical (unpaired) electrons. The molecule has 7 heteroatoms. The highest BCUT2D eigenvalue weighted by molar-refractivity contribution is 5.69. The van der Waals surface area contributed by atoms with Crippen LogP contribution in [0.3, 0.4) is 0 Å². The first-order valence-electron chi connectivity index (χ1n) is 25.4. The summed E-state index contributed by atoms with van der Waals surface area (Å²) in [6.07, 6.45) is 18.5. The van der Waals surface area contributed by atoms with Crippen LogP contribution in [-0.4, -0.2) is 56.8 Å². The van der Waals surface area contributed by atoms with Crippen molar-refractivity contribution in [3.8, 4) is 0 Å². The van der Waals surface area contributed by atoms with Gasteiger partial charge in [0.15, 0.2) is 0 Å². The van der Waals surface area contributed by atoms with Crippen LogP contribution in [0.1, 0.15) is 184 Å². The van der Waals surface area contributed by atoms with Crippen LogP contribution in [0.5, 0.6) is 0 Å². The highest BCUT2D eigenvalue weighted by Crippen LogP contribution is 2.71. The average molecular weight is 823 g/mol. The smallest absolute Gasteiger partial charge is 0.306 e. The molecule has 0 spiro atoms. The summed E-state index contributed by atoms with van der Waals surface area (Å²) in [5.41, 5.74) is 0.715. The van der Waals surface area contributed by atoms with Crippen molar-refractivity contribution in [2.75, 3.05) is 0 Å². The number of carboxylic acids is 1. The van der Waals surface area contributed by atoms with Crippen LogP contribution in [0.15, 0.2) is 0 Å². The number of esters is 1. The predicted molar refractivity (Wildman–Crippen MR) is 232 cm³/mol. The van der Waals surface area contributed by atoms with E-state index in [-0.39, 0.29) is 70.3 Å². The summed E-state index contributed by atoms with van der Waals surface area (Å²) in [6.45, 7) is 19.3. The number of rotatable bonds is 11. The van der Waals surface area contributed by atoms with Crippen molar-refractivity contribution < 1.29 is 34.8 Å². The Balaban J connectivity index is 0.881. The van der Waals surface area contributed by atoms with Crippen molar-refractivity contribution in [3.63, 3.8) is 0 Å². The van der Waals surface area contributed by atoms with Gasteiger partial charge in [0.25, 0.3) is 0 Å². The summed E-state index contributed by atoms with van der Waals surface area (Å²) >= 11 is 0. The van der Waals surface area contributed by atoms with Crippen LogP contribution in [0.4, 0.5) is 0 Å². The van der Waals surface area contributed by atoms with Crippen molar-refractivity contribution in [2.45, 2.75) is 208 Å². The molecule has 0 aromatic heterocycles. The monoisotopic (exact) mass is 823 g/mol. The van der Waals surface area contributed by atoms with Crippen molar-refractivity contribution in [1.29, 1.82) is 0 Å². The molecule has 8 fully saturated rings. The van der Waals surface area contributed by atoms with Gasteiger partial charge in [-0.15, -0.1) is 0 Å².